The second kappa shape index (κ2) is 4.50. The van der Waals surface area contributed by atoms with Crippen LogP contribution >= 0.6 is 0 Å². The van der Waals surface area contributed by atoms with Crippen LogP contribution in [0.15, 0.2) is 36.5 Å². The van der Waals surface area contributed by atoms with Gasteiger partial charge in [-0.05, 0) is 38.5 Å². The molecule has 1 heterocycles. The molecule has 1 aromatic heterocycles. The fourth-order valence-electron chi connectivity index (χ4n) is 1.94. The van der Waals surface area contributed by atoms with Gasteiger partial charge in [-0.3, -0.25) is 9.78 Å². The molecule has 0 radical (unpaired) electrons. The van der Waals surface area contributed by atoms with Crippen molar-refractivity contribution in [3.8, 4) is 0 Å². The number of pyridine rings is 1. The number of ketones is 1. The van der Waals surface area contributed by atoms with Gasteiger partial charge in [-0.15, -0.1) is 0 Å². The van der Waals surface area contributed by atoms with Crippen molar-refractivity contribution in [2.24, 2.45) is 0 Å². The summed E-state index contributed by atoms with van der Waals surface area (Å²) in [5.74, 6) is 0.0492. The molecular weight excluding hydrogens is 210 g/mol. The Bertz CT molecular complexity index is 573. The zero-order chi connectivity index (χ0) is 12.4. The molecule has 0 aliphatic heterocycles. The first kappa shape index (κ1) is 11.5. The molecule has 0 aliphatic rings. The normalized spacial score (nSPS) is 10.3. The van der Waals surface area contributed by atoms with Crippen LogP contribution in [0.3, 0.4) is 0 Å². The largest absolute Gasteiger partial charge is 0.289 e. The van der Waals surface area contributed by atoms with Gasteiger partial charge in [0.2, 0.25) is 0 Å². The summed E-state index contributed by atoms with van der Waals surface area (Å²) in [6, 6.07) is 9.50. The number of aromatic nitrogens is 1. The minimum atomic E-state index is 0.0492. The van der Waals surface area contributed by atoms with E-state index < -0.39 is 0 Å². The third-order valence-electron chi connectivity index (χ3n) is 2.88. The minimum Gasteiger partial charge on any atom is -0.289 e. The van der Waals surface area contributed by atoms with Gasteiger partial charge in [-0.25, -0.2) is 0 Å². The highest BCUT2D eigenvalue weighted by Gasteiger charge is 2.13. The lowest BCUT2D eigenvalue weighted by molar-refractivity contribution is 0.103. The quantitative estimate of drug-likeness (QED) is 0.734. The SMILES string of the molecule is Cc1ccc(C(=O)c2cccnc2C)c(C)c1. The molecule has 0 spiro atoms. The highest BCUT2D eigenvalue weighted by atomic mass is 16.1. The predicted octanol–water partition coefficient (Wildman–Crippen LogP) is 3.24. The summed E-state index contributed by atoms with van der Waals surface area (Å²) >= 11 is 0. The van der Waals surface area contributed by atoms with Crippen LogP contribution in [-0.2, 0) is 0 Å². The average molecular weight is 225 g/mol. The molecule has 0 N–H and O–H groups in total. The first-order chi connectivity index (χ1) is 8.09. The van der Waals surface area contributed by atoms with Crippen LogP contribution < -0.4 is 0 Å². The highest BCUT2D eigenvalue weighted by Crippen LogP contribution is 2.16. The van der Waals surface area contributed by atoms with Crippen molar-refractivity contribution in [1.29, 1.82) is 0 Å². The molecule has 0 unspecified atom stereocenters. The zero-order valence-corrected chi connectivity index (χ0v) is 10.3. The van der Waals surface area contributed by atoms with Gasteiger partial charge in [-0.1, -0.05) is 23.8 Å². The van der Waals surface area contributed by atoms with E-state index in [0.29, 0.717) is 5.56 Å². The lowest BCUT2D eigenvalue weighted by Crippen LogP contribution is -2.06. The third-order valence-corrected chi connectivity index (χ3v) is 2.88. The maximum Gasteiger partial charge on any atom is 0.195 e. The summed E-state index contributed by atoms with van der Waals surface area (Å²) in [4.78, 5) is 16.5. The molecule has 2 rings (SSSR count). The van der Waals surface area contributed by atoms with Crippen molar-refractivity contribution in [3.05, 3.63) is 64.5 Å². The van der Waals surface area contributed by atoms with E-state index in [4.69, 9.17) is 0 Å². The van der Waals surface area contributed by atoms with Crippen molar-refractivity contribution in [1.82, 2.24) is 4.98 Å². The fourth-order valence-corrected chi connectivity index (χ4v) is 1.94. The van der Waals surface area contributed by atoms with E-state index >= 15 is 0 Å². The number of carbonyl (C=O) groups excluding carboxylic acids is 1. The number of aryl methyl sites for hydroxylation is 3. The molecule has 0 bridgehead atoms. The van der Waals surface area contributed by atoms with Crippen LogP contribution in [0.1, 0.15) is 32.7 Å². The Hall–Kier alpha value is -1.96. The van der Waals surface area contributed by atoms with Gasteiger partial charge < -0.3 is 0 Å². The molecule has 0 atom stereocenters. The van der Waals surface area contributed by atoms with E-state index in [1.165, 1.54) is 5.56 Å². The maximum atomic E-state index is 12.4. The molecule has 2 heteroatoms. The predicted molar refractivity (Wildman–Crippen MR) is 68.3 cm³/mol. The Kier molecular flexibility index (Phi) is 3.05. The van der Waals surface area contributed by atoms with Crippen molar-refractivity contribution >= 4 is 5.78 Å². The van der Waals surface area contributed by atoms with Crippen LogP contribution in [0.5, 0.6) is 0 Å². The number of benzene rings is 1. The molecule has 86 valence electrons. The van der Waals surface area contributed by atoms with E-state index in [1.807, 2.05) is 45.0 Å². The van der Waals surface area contributed by atoms with Gasteiger partial charge in [0.15, 0.2) is 5.78 Å². The van der Waals surface area contributed by atoms with Crippen molar-refractivity contribution < 1.29 is 4.79 Å². The monoisotopic (exact) mass is 225 g/mol. The smallest absolute Gasteiger partial charge is 0.195 e. The standard InChI is InChI=1S/C15H15NO/c1-10-6-7-13(11(2)9-10)15(17)14-5-4-8-16-12(14)3/h4-9H,1-3H3. The first-order valence-corrected chi connectivity index (χ1v) is 5.63. The maximum absolute atomic E-state index is 12.4. The molecule has 2 aromatic rings. The topological polar surface area (TPSA) is 30.0 Å². The van der Waals surface area contributed by atoms with Crippen molar-refractivity contribution in [2.45, 2.75) is 20.8 Å². The summed E-state index contributed by atoms with van der Waals surface area (Å²) in [5, 5.41) is 0. The van der Waals surface area contributed by atoms with Gasteiger partial charge in [0.05, 0.1) is 0 Å². The van der Waals surface area contributed by atoms with Gasteiger partial charge in [0.1, 0.15) is 0 Å². The number of rotatable bonds is 2. The number of hydrogen-bond acceptors (Lipinski definition) is 2. The molecule has 1 aromatic carbocycles. The van der Waals surface area contributed by atoms with Gasteiger partial charge >= 0.3 is 0 Å². The van der Waals surface area contributed by atoms with Gasteiger partial charge in [-0.2, -0.15) is 0 Å². The van der Waals surface area contributed by atoms with Crippen molar-refractivity contribution in [3.63, 3.8) is 0 Å². The molecule has 0 saturated heterocycles. The lowest BCUT2D eigenvalue weighted by atomic mass is 9.97. The summed E-state index contributed by atoms with van der Waals surface area (Å²) < 4.78 is 0. The molecule has 0 aliphatic carbocycles. The summed E-state index contributed by atoms with van der Waals surface area (Å²) in [6.07, 6.45) is 1.70. The zero-order valence-electron chi connectivity index (χ0n) is 10.3. The fraction of sp³-hybridized carbons (Fsp3) is 0.200. The third kappa shape index (κ3) is 2.26. The number of carbonyl (C=O) groups is 1. The average Bonchev–Trinajstić information content (AvgIpc) is 2.29. The van der Waals surface area contributed by atoms with Crippen LogP contribution in [0, 0.1) is 20.8 Å². The molecule has 2 nitrogen and oxygen atoms in total. The van der Waals surface area contributed by atoms with E-state index in [9.17, 15) is 4.79 Å². The number of hydrogen-bond donors (Lipinski definition) is 0. The molecule has 0 saturated carbocycles. The van der Waals surface area contributed by atoms with E-state index in [2.05, 4.69) is 4.98 Å². The second-order valence-electron chi connectivity index (χ2n) is 4.28. The Labute approximate surface area is 101 Å². The van der Waals surface area contributed by atoms with Gasteiger partial charge in [0, 0.05) is 23.0 Å². The second-order valence-corrected chi connectivity index (χ2v) is 4.28. The van der Waals surface area contributed by atoms with Crippen LogP contribution in [0.2, 0.25) is 0 Å². The minimum absolute atomic E-state index is 0.0492. The summed E-state index contributed by atoms with van der Waals surface area (Å²) in [6.45, 7) is 5.85. The molecule has 17 heavy (non-hydrogen) atoms. The first-order valence-electron chi connectivity index (χ1n) is 5.63. The highest BCUT2D eigenvalue weighted by molar-refractivity contribution is 6.10. The van der Waals surface area contributed by atoms with Crippen LogP contribution in [0.25, 0.3) is 0 Å². The Morgan fingerprint density at radius 2 is 1.82 bits per heavy atom. The van der Waals surface area contributed by atoms with Crippen LogP contribution in [-0.4, -0.2) is 10.8 Å². The molecular formula is C15H15NO. The van der Waals surface area contributed by atoms with Crippen molar-refractivity contribution in [2.75, 3.05) is 0 Å². The molecule has 0 amide bonds. The van der Waals surface area contributed by atoms with E-state index in [-0.39, 0.29) is 5.78 Å². The Morgan fingerprint density at radius 1 is 1.06 bits per heavy atom. The Balaban J connectivity index is 2.48. The van der Waals surface area contributed by atoms with E-state index in [1.54, 1.807) is 12.3 Å². The number of nitrogens with zero attached hydrogens (tertiary/aromatic N) is 1. The summed E-state index contributed by atoms with van der Waals surface area (Å²) in [7, 11) is 0. The van der Waals surface area contributed by atoms with Gasteiger partial charge in [0.25, 0.3) is 0 Å². The van der Waals surface area contributed by atoms with Crippen LogP contribution in [0.4, 0.5) is 0 Å². The lowest BCUT2D eigenvalue weighted by Gasteiger charge is -2.07. The Morgan fingerprint density at radius 3 is 2.47 bits per heavy atom. The van der Waals surface area contributed by atoms with E-state index in [0.717, 1.165) is 16.8 Å². The summed E-state index contributed by atoms with van der Waals surface area (Å²) in [5.41, 5.74) is 4.39. The molecule has 0 fully saturated rings.